The van der Waals surface area contributed by atoms with E-state index in [1.54, 1.807) is 14.2 Å². The lowest BCUT2D eigenvalue weighted by molar-refractivity contribution is 0.197. The molecule has 158 valence electrons. The number of benzene rings is 2. The third kappa shape index (κ3) is 5.07. The van der Waals surface area contributed by atoms with Gasteiger partial charge in [0.25, 0.3) is 0 Å². The Morgan fingerprint density at radius 1 is 0.966 bits per heavy atom. The molecule has 0 saturated carbocycles. The Hall–Kier alpha value is -2.15. The van der Waals surface area contributed by atoms with Crippen LogP contribution in [-0.4, -0.2) is 63.6 Å². The van der Waals surface area contributed by atoms with E-state index in [0.717, 1.165) is 43.4 Å². The predicted molar refractivity (Wildman–Crippen MR) is 116 cm³/mol. The molecule has 0 radical (unpaired) electrons. The van der Waals surface area contributed by atoms with Gasteiger partial charge in [0.2, 0.25) is 0 Å². The SMILES string of the molecule is COc1ccc(C(C)N2CCN(c3ccc(Cl)c(OCCO)c3)CC2)cc1OC. The molecule has 0 aromatic heterocycles. The molecule has 3 rings (SSSR count). The number of rotatable bonds is 8. The second kappa shape index (κ2) is 10.1. The summed E-state index contributed by atoms with van der Waals surface area (Å²) in [7, 11) is 3.31. The number of halogens is 1. The molecule has 1 heterocycles. The van der Waals surface area contributed by atoms with Gasteiger partial charge in [-0.05, 0) is 36.8 Å². The number of hydrogen-bond acceptors (Lipinski definition) is 6. The molecule has 0 spiro atoms. The Balaban J connectivity index is 1.64. The average Bonchev–Trinajstić information content (AvgIpc) is 2.77. The lowest BCUT2D eigenvalue weighted by Crippen LogP contribution is -2.47. The van der Waals surface area contributed by atoms with E-state index in [1.807, 2.05) is 24.3 Å². The molecule has 0 bridgehead atoms. The first-order valence-corrected chi connectivity index (χ1v) is 10.2. The van der Waals surface area contributed by atoms with Crippen LogP contribution < -0.4 is 19.1 Å². The largest absolute Gasteiger partial charge is 0.493 e. The zero-order valence-corrected chi connectivity index (χ0v) is 18.0. The highest BCUT2D eigenvalue weighted by Gasteiger charge is 2.23. The van der Waals surface area contributed by atoms with Crippen molar-refractivity contribution in [2.24, 2.45) is 0 Å². The molecule has 2 aromatic rings. The Bertz CT molecular complexity index is 809. The molecule has 0 aliphatic carbocycles. The first kappa shape index (κ1) is 21.6. The molecule has 6 nitrogen and oxygen atoms in total. The molecule has 29 heavy (non-hydrogen) atoms. The van der Waals surface area contributed by atoms with Gasteiger partial charge in [-0.25, -0.2) is 0 Å². The first-order chi connectivity index (χ1) is 14.1. The summed E-state index contributed by atoms with van der Waals surface area (Å²) in [4.78, 5) is 4.80. The van der Waals surface area contributed by atoms with Crippen molar-refractivity contribution in [2.75, 3.05) is 58.5 Å². The van der Waals surface area contributed by atoms with E-state index in [2.05, 4.69) is 28.9 Å². The predicted octanol–water partition coefficient (Wildman–Crippen LogP) is 3.61. The van der Waals surface area contributed by atoms with Crippen LogP contribution in [0.15, 0.2) is 36.4 Å². The number of piperazine rings is 1. The standard InChI is InChI=1S/C22H29ClN2O4/c1-16(17-4-7-20(27-2)22(14-17)28-3)24-8-10-25(11-9-24)18-5-6-19(23)21(15-18)29-13-12-26/h4-7,14-16,26H,8-13H2,1-3H3. The number of aliphatic hydroxyl groups excluding tert-OH is 1. The Morgan fingerprint density at radius 2 is 1.69 bits per heavy atom. The summed E-state index contributed by atoms with van der Waals surface area (Å²) in [5.74, 6) is 2.11. The van der Waals surface area contributed by atoms with Crippen LogP contribution in [0.1, 0.15) is 18.5 Å². The van der Waals surface area contributed by atoms with Gasteiger partial charge in [-0.15, -0.1) is 0 Å². The smallest absolute Gasteiger partial charge is 0.161 e. The summed E-state index contributed by atoms with van der Waals surface area (Å²) in [6.45, 7) is 6.15. The van der Waals surface area contributed by atoms with E-state index >= 15 is 0 Å². The summed E-state index contributed by atoms with van der Waals surface area (Å²) in [5, 5.41) is 9.53. The molecule has 2 aromatic carbocycles. The highest BCUT2D eigenvalue weighted by Crippen LogP contribution is 2.33. The molecular formula is C22H29ClN2O4. The summed E-state index contributed by atoms with van der Waals surface area (Å²) in [6.07, 6.45) is 0. The molecule has 1 atom stereocenters. The van der Waals surface area contributed by atoms with E-state index in [0.29, 0.717) is 10.8 Å². The number of ether oxygens (including phenoxy) is 3. The monoisotopic (exact) mass is 420 g/mol. The van der Waals surface area contributed by atoms with Crippen LogP contribution in [0.4, 0.5) is 5.69 Å². The van der Waals surface area contributed by atoms with Crippen LogP contribution in [0.2, 0.25) is 5.02 Å². The van der Waals surface area contributed by atoms with Crippen molar-refractivity contribution in [3.63, 3.8) is 0 Å². The van der Waals surface area contributed by atoms with Crippen molar-refractivity contribution in [1.82, 2.24) is 4.90 Å². The number of hydrogen-bond donors (Lipinski definition) is 1. The normalized spacial score (nSPS) is 15.8. The molecule has 1 aliphatic heterocycles. The molecule has 7 heteroatoms. The van der Waals surface area contributed by atoms with Gasteiger partial charge in [0.1, 0.15) is 12.4 Å². The van der Waals surface area contributed by atoms with Crippen LogP contribution in [-0.2, 0) is 0 Å². The lowest BCUT2D eigenvalue weighted by Gasteiger charge is -2.39. The summed E-state index contributed by atoms with van der Waals surface area (Å²) in [5.41, 5.74) is 2.29. The third-order valence-corrected chi connectivity index (χ3v) is 5.69. The minimum atomic E-state index is -0.0345. The van der Waals surface area contributed by atoms with Crippen molar-refractivity contribution < 1.29 is 19.3 Å². The van der Waals surface area contributed by atoms with Gasteiger partial charge >= 0.3 is 0 Å². The second-order valence-electron chi connectivity index (χ2n) is 7.00. The Kier molecular flexibility index (Phi) is 7.47. The van der Waals surface area contributed by atoms with Crippen molar-refractivity contribution >= 4 is 17.3 Å². The second-order valence-corrected chi connectivity index (χ2v) is 7.41. The quantitative estimate of drug-likeness (QED) is 0.704. The summed E-state index contributed by atoms with van der Waals surface area (Å²) in [6, 6.07) is 12.2. The Labute approximate surface area is 177 Å². The third-order valence-electron chi connectivity index (χ3n) is 5.38. The van der Waals surface area contributed by atoms with Gasteiger partial charge in [-0.1, -0.05) is 17.7 Å². The number of aliphatic hydroxyl groups is 1. The molecule has 1 saturated heterocycles. The fourth-order valence-corrected chi connectivity index (χ4v) is 3.82. The summed E-state index contributed by atoms with van der Waals surface area (Å²) >= 11 is 6.20. The maximum Gasteiger partial charge on any atom is 0.161 e. The fraction of sp³-hybridized carbons (Fsp3) is 0.455. The zero-order chi connectivity index (χ0) is 20.8. The lowest BCUT2D eigenvalue weighted by atomic mass is 10.0. The van der Waals surface area contributed by atoms with Crippen LogP contribution in [0, 0.1) is 0 Å². The van der Waals surface area contributed by atoms with E-state index in [1.165, 1.54) is 5.56 Å². The van der Waals surface area contributed by atoms with Crippen molar-refractivity contribution in [3.05, 3.63) is 47.0 Å². The number of nitrogens with zero attached hydrogens (tertiary/aromatic N) is 2. The minimum Gasteiger partial charge on any atom is -0.493 e. The van der Waals surface area contributed by atoms with Crippen molar-refractivity contribution in [3.8, 4) is 17.2 Å². The molecule has 0 amide bonds. The van der Waals surface area contributed by atoms with Gasteiger partial charge in [0, 0.05) is 44.0 Å². The van der Waals surface area contributed by atoms with Crippen LogP contribution >= 0.6 is 11.6 Å². The van der Waals surface area contributed by atoms with Crippen LogP contribution in [0.5, 0.6) is 17.2 Å². The van der Waals surface area contributed by atoms with Gasteiger partial charge in [-0.2, -0.15) is 0 Å². The first-order valence-electron chi connectivity index (χ1n) is 9.81. The molecule has 1 unspecified atom stereocenters. The van der Waals surface area contributed by atoms with Gasteiger partial charge in [-0.3, -0.25) is 4.90 Å². The van der Waals surface area contributed by atoms with Crippen molar-refractivity contribution in [1.29, 1.82) is 0 Å². The number of anilines is 1. The summed E-state index contributed by atoms with van der Waals surface area (Å²) < 4.78 is 16.3. The van der Waals surface area contributed by atoms with Crippen molar-refractivity contribution in [2.45, 2.75) is 13.0 Å². The average molecular weight is 421 g/mol. The molecule has 1 N–H and O–H groups in total. The van der Waals surface area contributed by atoms with E-state index < -0.39 is 0 Å². The van der Waals surface area contributed by atoms with E-state index in [-0.39, 0.29) is 19.3 Å². The molecule has 1 fully saturated rings. The molecular weight excluding hydrogens is 392 g/mol. The number of methoxy groups -OCH3 is 2. The topological polar surface area (TPSA) is 54.4 Å². The maximum atomic E-state index is 8.97. The van der Waals surface area contributed by atoms with Gasteiger partial charge in [0.15, 0.2) is 11.5 Å². The Morgan fingerprint density at radius 3 is 2.34 bits per heavy atom. The molecule has 1 aliphatic rings. The maximum absolute atomic E-state index is 8.97. The highest BCUT2D eigenvalue weighted by molar-refractivity contribution is 6.32. The van der Waals surface area contributed by atoms with E-state index in [9.17, 15) is 0 Å². The van der Waals surface area contributed by atoms with Gasteiger partial charge < -0.3 is 24.2 Å². The van der Waals surface area contributed by atoms with Crippen LogP contribution in [0.3, 0.4) is 0 Å². The highest BCUT2D eigenvalue weighted by atomic mass is 35.5. The van der Waals surface area contributed by atoms with E-state index in [4.69, 9.17) is 30.9 Å². The zero-order valence-electron chi connectivity index (χ0n) is 17.2. The van der Waals surface area contributed by atoms with Gasteiger partial charge in [0.05, 0.1) is 25.8 Å². The fourth-order valence-electron chi connectivity index (χ4n) is 3.65. The van der Waals surface area contributed by atoms with Crippen LogP contribution in [0.25, 0.3) is 0 Å². The minimum absolute atomic E-state index is 0.0345.